The van der Waals surface area contributed by atoms with Gasteiger partial charge in [0.15, 0.2) is 11.5 Å². The Morgan fingerprint density at radius 3 is 2.24 bits per heavy atom. The van der Waals surface area contributed by atoms with Crippen molar-refractivity contribution < 1.29 is 19.0 Å². The first kappa shape index (κ1) is 18.7. The van der Waals surface area contributed by atoms with Gasteiger partial charge in [0.1, 0.15) is 0 Å². The number of anilines is 1. The maximum atomic E-state index is 12.2. The number of benzene rings is 2. The van der Waals surface area contributed by atoms with Gasteiger partial charge >= 0.3 is 0 Å². The number of amides is 1. The quantitative estimate of drug-likeness (QED) is 0.778. The molecule has 0 radical (unpaired) electrons. The first-order valence-corrected chi connectivity index (χ1v) is 7.91. The summed E-state index contributed by atoms with van der Waals surface area (Å²) < 4.78 is 15.9. The van der Waals surface area contributed by atoms with Gasteiger partial charge in [-0.25, -0.2) is 0 Å². The van der Waals surface area contributed by atoms with Gasteiger partial charge in [-0.2, -0.15) is 0 Å². The molecule has 0 saturated heterocycles. The number of ether oxygens (including phenoxy) is 3. The summed E-state index contributed by atoms with van der Waals surface area (Å²) in [5, 5.41) is 3.37. The fourth-order valence-electron chi connectivity index (χ4n) is 2.27. The van der Waals surface area contributed by atoms with Crippen molar-refractivity contribution in [3.63, 3.8) is 0 Å². The molecule has 25 heavy (non-hydrogen) atoms. The number of nitrogens with one attached hydrogen (secondary N) is 1. The SMILES string of the molecule is COc1cc(/C=C/C(=O)Nc2cc(Cl)ccc2C)cc(OC)c1OC. The molecule has 0 fully saturated rings. The highest BCUT2D eigenvalue weighted by Gasteiger charge is 2.12. The molecule has 0 aliphatic carbocycles. The summed E-state index contributed by atoms with van der Waals surface area (Å²) in [6.45, 7) is 1.90. The largest absolute Gasteiger partial charge is 0.493 e. The molecule has 5 nitrogen and oxygen atoms in total. The Kier molecular flexibility index (Phi) is 6.31. The standard InChI is InChI=1S/C19H20ClNO4/c1-12-5-7-14(20)11-15(12)21-18(22)8-6-13-9-16(23-2)19(25-4)17(10-13)24-3/h5-11H,1-4H3,(H,21,22)/b8-6+. The molecule has 0 atom stereocenters. The lowest BCUT2D eigenvalue weighted by atomic mass is 10.1. The van der Waals surface area contributed by atoms with E-state index in [0.29, 0.717) is 28.0 Å². The van der Waals surface area contributed by atoms with Crippen molar-refractivity contribution in [1.82, 2.24) is 0 Å². The summed E-state index contributed by atoms with van der Waals surface area (Å²) in [4.78, 5) is 12.2. The predicted octanol–water partition coefficient (Wildman–Crippen LogP) is 4.33. The second-order valence-electron chi connectivity index (χ2n) is 5.24. The summed E-state index contributed by atoms with van der Waals surface area (Å²) in [5.74, 6) is 1.28. The lowest BCUT2D eigenvalue weighted by molar-refractivity contribution is -0.111. The second-order valence-corrected chi connectivity index (χ2v) is 5.68. The second kappa shape index (κ2) is 8.44. The zero-order chi connectivity index (χ0) is 18.4. The van der Waals surface area contributed by atoms with Crippen LogP contribution in [-0.4, -0.2) is 27.2 Å². The number of hydrogen-bond acceptors (Lipinski definition) is 4. The van der Waals surface area contributed by atoms with Gasteiger partial charge in [0.25, 0.3) is 0 Å². The highest BCUT2D eigenvalue weighted by Crippen LogP contribution is 2.38. The van der Waals surface area contributed by atoms with Gasteiger partial charge in [-0.15, -0.1) is 0 Å². The van der Waals surface area contributed by atoms with E-state index in [1.165, 1.54) is 13.2 Å². The molecule has 0 saturated carbocycles. The van der Waals surface area contributed by atoms with Gasteiger partial charge in [-0.05, 0) is 48.4 Å². The number of carbonyl (C=O) groups is 1. The van der Waals surface area contributed by atoms with Gasteiger partial charge in [-0.3, -0.25) is 4.79 Å². The minimum Gasteiger partial charge on any atom is -0.493 e. The fraction of sp³-hybridized carbons (Fsp3) is 0.211. The van der Waals surface area contributed by atoms with Crippen molar-refractivity contribution in [1.29, 1.82) is 0 Å². The molecule has 132 valence electrons. The van der Waals surface area contributed by atoms with Crippen LogP contribution in [0.3, 0.4) is 0 Å². The number of methoxy groups -OCH3 is 3. The van der Waals surface area contributed by atoms with Crippen LogP contribution in [0.2, 0.25) is 5.02 Å². The van der Waals surface area contributed by atoms with Crippen LogP contribution < -0.4 is 19.5 Å². The molecule has 0 spiro atoms. The molecule has 1 N–H and O–H groups in total. The van der Waals surface area contributed by atoms with Crippen LogP contribution in [0.1, 0.15) is 11.1 Å². The molecule has 6 heteroatoms. The Morgan fingerprint density at radius 1 is 1.04 bits per heavy atom. The third-order valence-electron chi connectivity index (χ3n) is 3.57. The molecule has 2 aromatic rings. The Balaban J connectivity index is 2.20. The van der Waals surface area contributed by atoms with E-state index in [1.807, 2.05) is 13.0 Å². The van der Waals surface area contributed by atoms with Crippen LogP contribution in [0.25, 0.3) is 6.08 Å². The molecule has 0 unspecified atom stereocenters. The number of aryl methyl sites for hydroxylation is 1. The third kappa shape index (κ3) is 4.67. The van der Waals surface area contributed by atoms with Gasteiger partial charge in [0.05, 0.1) is 21.3 Å². The van der Waals surface area contributed by atoms with Gasteiger partial charge in [0.2, 0.25) is 11.7 Å². The Morgan fingerprint density at radius 2 is 1.68 bits per heavy atom. The van der Waals surface area contributed by atoms with E-state index < -0.39 is 0 Å². The zero-order valence-corrected chi connectivity index (χ0v) is 15.3. The smallest absolute Gasteiger partial charge is 0.248 e. The lowest BCUT2D eigenvalue weighted by Crippen LogP contribution is -2.08. The van der Waals surface area contributed by atoms with E-state index in [-0.39, 0.29) is 5.91 Å². The molecular formula is C19H20ClNO4. The molecule has 0 aliphatic rings. The number of carbonyl (C=O) groups excluding carboxylic acids is 1. The monoisotopic (exact) mass is 361 g/mol. The minimum absolute atomic E-state index is 0.265. The summed E-state index contributed by atoms with van der Waals surface area (Å²) >= 11 is 5.96. The molecule has 0 aromatic heterocycles. The highest BCUT2D eigenvalue weighted by molar-refractivity contribution is 6.31. The van der Waals surface area contributed by atoms with Gasteiger partial charge in [0, 0.05) is 16.8 Å². The molecule has 0 aliphatic heterocycles. The van der Waals surface area contributed by atoms with Gasteiger partial charge < -0.3 is 19.5 Å². The van der Waals surface area contributed by atoms with Crippen molar-refractivity contribution in [3.05, 3.63) is 52.6 Å². The number of hydrogen-bond donors (Lipinski definition) is 1. The molecule has 1 amide bonds. The summed E-state index contributed by atoms with van der Waals surface area (Å²) in [7, 11) is 4.62. The first-order valence-electron chi connectivity index (χ1n) is 7.53. The van der Waals surface area contributed by atoms with Crippen LogP contribution in [0.5, 0.6) is 17.2 Å². The molecule has 2 rings (SSSR count). The predicted molar refractivity (Wildman–Crippen MR) is 100.0 cm³/mol. The van der Waals surface area contributed by atoms with E-state index in [0.717, 1.165) is 11.1 Å². The van der Waals surface area contributed by atoms with E-state index in [9.17, 15) is 4.79 Å². The fourth-order valence-corrected chi connectivity index (χ4v) is 2.44. The maximum Gasteiger partial charge on any atom is 0.248 e. The molecule has 0 bridgehead atoms. The molecular weight excluding hydrogens is 342 g/mol. The van der Waals surface area contributed by atoms with Crippen molar-refractivity contribution in [2.45, 2.75) is 6.92 Å². The Bertz CT molecular complexity index is 777. The average molecular weight is 362 g/mol. The van der Waals surface area contributed by atoms with E-state index in [1.54, 1.807) is 44.6 Å². The summed E-state index contributed by atoms with van der Waals surface area (Å²) in [5.41, 5.74) is 2.35. The van der Waals surface area contributed by atoms with Crippen molar-refractivity contribution in [2.75, 3.05) is 26.6 Å². The summed E-state index contributed by atoms with van der Waals surface area (Å²) in [6, 6.07) is 8.85. The highest BCUT2D eigenvalue weighted by atomic mass is 35.5. The normalized spacial score (nSPS) is 10.6. The van der Waals surface area contributed by atoms with E-state index in [2.05, 4.69) is 5.32 Å². The first-order chi connectivity index (χ1) is 12.0. The Labute approximate surface area is 152 Å². The van der Waals surface area contributed by atoms with E-state index in [4.69, 9.17) is 25.8 Å². The van der Waals surface area contributed by atoms with E-state index >= 15 is 0 Å². The third-order valence-corrected chi connectivity index (χ3v) is 3.81. The van der Waals surface area contributed by atoms with Crippen LogP contribution >= 0.6 is 11.6 Å². The number of rotatable bonds is 6. The van der Waals surface area contributed by atoms with Crippen LogP contribution in [0.4, 0.5) is 5.69 Å². The van der Waals surface area contributed by atoms with Gasteiger partial charge in [-0.1, -0.05) is 17.7 Å². The van der Waals surface area contributed by atoms with Crippen molar-refractivity contribution >= 4 is 29.3 Å². The Hall–Kier alpha value is -2.66. The molecule has 0 heterocycles. The minimum atomic E-state index is -0.265. The van der Waals surface area contributed by atoms with Crippen molar-refractivity contribution in [2.24, 2.45) is 0 Å². The number of halogens is 1. The average Bonchev–Trinajstić information content (AvgIpc) is 2.61. The molecule has 2 aromatic carbocycles. The van der Waals surface area contributed by atoms with Crippen LogP contribution in [-0.2, 0) is 4.79 Å². The van der Waals surface area contributed by atoms with Crippen LogP contribution in [0.15, 0.2) is 36.4 Å². The zero-order valence-electron chi connectivity index (χ0n) is 14.6. The van der Waals surface area contributed by atoms with Crippen LogP contribution in [0, 0.1) is 6.92 Å². The maximum absolute atomic E-state index is 12.2. The lowest BCUT2D eigenvalue weighted by Gasteiger charge is -2.12. The summed E-state index contributed by atoms with van der Waals surface area (Å²) in [6.07, 6.45) is 3.10. The van der Waals surface area contributed by atoms with Crippen molar-refractivity contribution in [3.8, 4) is 17.2 Å². The topological polar surface area (TPSA) is 56.8 Å².